The molecule has 1 fully saturated rings. The van der Waals surface area contributed by atoms with Crippen LogP contribution < -0.4 is 0 Å². The maximum atomic E-state index is 2.48. The Morgan fingerprint density at radius 2 is 2.15 bits per heavy atom. The lowest BCUT2D eigenvalue weighted by atomic mass is 9.81. The van der Waals surface area contributed by atoms with Gasteiger partial charge in [0, 0.05) is 16.9 Å². The molecule has 1 aliphatic carbocycles. The quantitative estimate of drug-likeness (QED) is 0.558. The largest absolute Gasteiger partial charge is 0.0929 e. The summed E-state index contributed by atoms with van der Waals surface area (Å²) >= 11 is 0. The zero-order valence-electron chi connectivity index (χ0n) is 8.41. The molecular formula is C11H16S2. The SMILES string of the molecule is CC(C)(C)C1=CC2CSSC2C=C1. The van der Waals surface area contributed by atoms with E-state index in [0.29, 0.717) is 5.41 Å². The number of hydrogen-bond acceptors (Lipinski definition) is 2. The van der Waals surface area contributed by atoms with Gasteiger partial charge in [-0.25, -0.2) is 0 Å². The van der Waals surface area contributed by atoms with E-state index in [1.54, 1.807) is 0 Å². The normalized spacial score (nSPS) is 33.0. The molecule has 1 heterocycles. The van der Waals surface area contributed by atoms with Gasteiger partial charge in [-0.2, -0.15) is 0 Å². The van der Waals surface area contributed by atoms with Crippen molar-refractivity contribution in [2.75, 3.05) is 5.75 Å². The lowest BCUT2D eigenvalue weighted by Gasteiger charge is -2.26. The zero-order chi connectivity index (χ0) is 9.47. The minimum atomic E-state index is 0.319. The van der Waals surface area contributed by atoms with Crippen molar-refractivity contribution in [3.8, 4) is 0 Å². The van der Waals surface area contributed by atoms with Crippen molar-refractivity contribution in [2.45, 2.75) is 26.0 Å². The van der Waals surface area contributed by atoms with Gasteiger partial charge in [0.15, 0.2) is 0 Å². The second-order valence-electron chi connectivity index (χ2n) is 4.74. The van der Waals surface area contributed by atoms with Crippen molar-refractivity contribution in [3.05, 3.63) is 23.8 Å². The van der Waals surface area contributed by atoms with Crippen LogP contribution in [0.2, 0.25) is 0 Å². The van der Waals surface area contributed by atoms with Gasteiger partial charge in [-0.05, 0) is 11.0 Å². The van der Waals surface area contributed by atoms with Crippen LogP contribution in [-0.4, -0.2) is 11.0 Å². The molecule has 0 aromatic rings. The Balaban J connectivity index is 2.20. The van der Waals surface area contributed by atoms with E-state index in [0.717, 1.165) is 11.2 Å². The van der Waals surface area contributed by atoms with Crippen LogP contribution in [0, 0.1) is 11.3 Å². The summed E-state index contributed by atoms with van der Waals surface area (Å²) in [4.78, 5) is 0. The third-order valence-electron chi connectivity index (χ3n) is 2.59. The monoisotopic (exact) mass is 212 g/mol. The van der Waals surface area contributed by atoms with Crippen LogP contribution in [0.5, 0.6) is 0 Å². The zero-order valence-corrected chi connectivity index (χ0v) is 10.0. The van der Waals surface area contributed by atoms with Gasteiger partial charge >= 0.3 is 0 Å². The molecule has 2 rings (SSSR count). The summed E-state index contributed by atoms with van der Waals surface area (Å²) in [6.07, 6.45) is 7.19. The standard InChI is InChI=1S/C11H16S2/c1-11(2,3)9-4-5-10-8(6-9)7-12-13-10/h4-6,8,10H,7H2,1-3H3. The number of rotatable bonds is 0. The van der Waals surface area contributed by atoms with Gasteiger partial charge in [0.2, 0.25) is 0 Å². The minimum Gasteiger partial charge on any atom is -0.0929 e. The predicted octanol–water partition coefficient (Wildman–Crippen LogP) is 3.91. The maximum absolute atomic E-state index is 2.48. The smallest absolute Gasteiger partial charge is 0.0405 e. The van der Waals surface area contributed by atoms with E-state index >= 15 is 0 Å². The number of hydrogen-bond donors (Lipinski definition) is 0. The highest BCUT2D eigenvalue weighted by molar-refractivity contribution is 8.77. The second-order valence-corrected chi connectivity index (χ2v) is 7.33. The summed E-state index contributed by atoms with van der Waals surface area (Å²) in [6, 6.07) is 0. The molecule has 2 heteroatoms. The van der Waals surface area contributed by atoms with Crippen molar-refractivity contribution in [3.63, 3.8) is 0 Å². The van der Waals surface area contributed by atoms with Crippen molar-refractivity contribution in [1.29, 1.82) is 0 Å². The molecule has 0 aromatic carbocycles. The molecule has 2 unspecified atom stereocenters. The molecule has 1 aliphatic heterocycles. The van der Waals surface area contributed by atoms with E-state index in [2.05, 4.69) is 39.0 Å². The fourth-order valence-corrected chi connectivity index (χ4v) is 4.74. The van der Waals surface area contributed by atoms with Gasteiger partial charge in [-0.3, -0.25) is 0 Å². The summed E-state index contributed by atoms with van der Waals surface area (Å²) in [5.41, 5.74) is 1.83. The van der Waals surface area contributed by atoms with Gasteiger partial charge in [-0.1, -0.05) is 60.6 Å². The highest BCUT2D eigenvalue weighted by atomic mass is 33.1. The molecule has 0 nitrogen and oxygen atoms in total. The molecule has 0 saturated carbocycles. The molecule has 1 saturated heterocycles. The Bertz CT molecular complexity index is 258. The van der Waals surface area contributed by atoms with Crippen LogP contribution in [0.15, 0.2) is 23.8 Å². The molecule has 2 atom stereocenters. The van der Waals surface area contributed by atoms with Gasteiger partial charge in [0.1, 0.15) is 0 Å². The summed E-state index contributed by atoms with van der Waals surface area (Å²) < 4.78 is 0. The van der Waals surface area contributed by atoms with Crippen molar-refractivity contribution in [2.24, 2.45) is 11.3 Å². The van der Waals surface area contributed by atoms with Gasteiger partial charge in [0.25, 0.3) is 0 Å². The van der Waals surface area contributed by atoms with Crippen molar-refractivity contribution in [1.82, 2.24) is 0 Å². The fourth-order valence-electron chi connectivity index (χ4n) is 1.67. The fraction of sp³-hybridized carbons (Fsp3) is 0.636. The first kappa shape index (κ1) is 9.72. The predicted molar refractivity (Wildman–Crippen MR) is 64.0 cm³/mol. The Hall–Kier alpha value is 0.180. The Labute approximate surface area is 88.6 Å². The minimum absolute atomic E-state index is 0.319. The molecule has 13 heavy (non-hydrogen) atoms. The van der Waals surface area contributed by atoms with Crippen LogP contribution in [0.3, 0.4) is 0 Å². The van der Waals surface area contributed by atoms with Crippen LogP contribution in [0.4, 0.5) is 0 Å². The van der Waals surface area contributed by atoms with Gasteiger partial charge in [0.05, 0.1) is 0 Å². The Morgan fingerprint density at radius 1 is 1.38 bits per heavy atom. The first-order chi connectivity index (χ1) is 6.07. The third-order valence-corrected chi connectivity index (χ3v) is 5.46. The topological polar surface area (TPSA) is 0 Å². The summed E-state index contributed by atoms with van der Waals surface area (Å²) in [6.45, 7) is 6.87. The lowest BCUT2D eigenvalue weighted by Crippen LogP contribution is -2.18. The van der Waals surface area contributed by atoms with E-state index < -0.39 is 0 Å². The van der Waals surface area contributed by atoms with E-state index in [1.807, 2.05) is 21.6 Å². The molecule has 0 aromatic heterocycles. The first-order valence-electron chi connectivity index (χ1n) is 4.76. The van der Waals surface area contributed by atoms with Crippen LogP contribution in [0.25, 0.3) is 0 Å². The Kier molecular flexibility index (Phi) is 2.54. The summed E-state index contributed by atoms with van der Waals surface area (Å²) in [5, 5.41) is 0.746. The van der Waals surface area contributed by atoms with Crippen LogP contribution in [-0.2, 0) is 0 Å². The third kappa shape index (κ3) is 1.99. The van der Waals surface area contributed by atoms with E-state index in [1.165, 1.54) is 11.3 Å². The number of fused-ring (bicyclic) bond motifs is 1. The van der Waals surface area contributed by atoms with E-state index in [9.17, 15) is 0 Å². The average Bonchev–Trinajstić information content (AvgIpc) is 2.47. The summed E-state index contributed by atoms with van der Waals surface area (Å²) in [5.74, 6) is 2.08. The van der Waals surface area contributed by atoms with E-state index in [-0.39, 0.29) is 0 Å². The Morgan fingerprint density at radius 3 is 2.85 bits per heavy atom. The molecule has 0 N–H and O–H groups in total. The highest BCUT2D eigenvalue weighted by Crippen LogP contribution is 2.46. The maximum Gasteiger partial charge on any atom is 0.0405 e. The molecule has 0 spiro atoms. The van der Waals surface area contributed by atoms with Gasteiger partial charge < -0.3 is 0 Å². The first-order valence-corrected chi connectivity index (χ1v) is 7.14. The molecule has 0 radical (unpaired) electrons. The highest BCUT2D eigenvalue weighted by Gasteiger charge is 2.29. The molecule has 72 valence electrons. The van der Waals surface area contributed by atoms with E-state index in [4.69, 9.17) is 0 Å². The number of allylic oxidation sites excluding steroid dienone is 3. The van der Waals surface area contributed by atoms with Crippen LogP contribution in [0.1, 0.15) is 20.8 Å². The molecular weight excluding hydrogens is 196 g/mol. The van der Waals surface area contributed by atoms with Gasteiger partial charge in [-0.15, -0.1) is 0 Å². The van der Waals surface area contributed by atoms with Crippen molar-refractivity contribution < 1.29 is 0 Å². The summed E-state index contributed by atoms with van der Waals surface area (Å²) in [7, 11) is 4.04. The molecule has 0 amide bonds. The van der Waals surface area contributed by atoms with Crippen molar-refractivity contribution >= 4 is 21.6 Å². The van der Waals surface area contributed by atoms with Crippen LogP contribution >= 0.6 is 21.6 Å². The average molecular weight is 212 g/mol. The lowest BCUT2D eigenvalue weighted by molar-refractivity contribution is 0.506. The molecule has 2 aliphatic rings. The second kappa shape index (κ2) is 3.39. The molecule has 0 bridgehead atoms.